The number of anilines is 1. The van der Waals surface area contributed by atoms with Crippen LogP contribution < -0.4 is 11.1 Å². The van der Waals surface area contributed by atoms with Gasteiger partial charge in [0.1, 0.15) is 0 Å². The first kappa shape index (κ1) is 13.9. The van der Waals surface area contributed by atoms with Gasteiger partial charge >= 0.3 is 5.97 Å². The number of nitrogens with two attached hydrogens (primary N) is 1. The van der Waals surface area contributed by atoms with Crippen molar-refractivity contribution in [1.29, 1.82) is 0 Å². The van der Waals surface area contributed by atoms with Crippen LogP contribution in [0.15, 0.2) is 22.7 Å². The summed E-state index contributed by atoms with van der Waals surface area (Å²) >= 11 is 3.27. The molecule has 0 unspecified atom stereocenters. The molecule has 19 heavy (non-hydrogen) atoms. The zero-order valence-corrected chi connectivity index (χ0v) is 11.9. The summed E-state index contributed by atoms with van der Waals surface area (Å²) in [6.07, 6.45) is 2.12. The van der Waals surface area contributed by atoms with Gasteiger partial charge in [-0.15, -0.1) is 0 Å². The molecule has 0 atom stereocenters. The molecule has 2 rings (SSSR count). The molecule has 0 aromatic heterocycles. The van der Waals surface area contributed by atoms with Crippen LogP contribution in [-0.2, 0) is 4.79 Å². The van der Waals surface area contributed by atoms with Gasteiger partial charge in [0.2, 0.25) is 0 Å². The molecule has 0 spiro atoms. The van der Waals surface area contributed by atoms with E-state index in [-0.39, 0.29) is 12.5 Å². The third-order valence-corrected chi connectivity index (χ3v) is 3.99. The van der Waals surface area contributed by atoms with Gasteiger partial charge in [0.25, 0.3) is 5.91 Å². The number of carboxylic acids is 1. The first-order valence-electron chi connectivity index (χ1n) is 6.01. The maximum absolute atomic E-state index is 12.0. The summed E-state index contributed by atoms with van der Waals surface area (Å²) in [5, 5.41) is 11.9. The summed E-state index contributed by atoms with van der Waals surface area (Å²) in [5.41, 5.74) is 5.78. The van der Waals surface area contributed by atoms with Gasteiger partial charge in [-0.05, 0) is 31.0 Å². The second-order valence-corrected chi connectivity index (χ2v) is 5.81. The van der Waals surface area contributed by atoms with E-state index in [9.17, 15) is 14.7 Å². The van der Waals surface area contributed by atoms with Crippen molar-refractivity contribution < 1.29 is 14.7 Å². The average molecular weight is 327 g/mol. The largest absolute Gasteiger partial charge is 0.481 e. The third-order valence-electron chi connectivity index (χ3n) is 3.53. The maximum atomic E-state index is 12.0. The lowest BCUT2D eigenvalue weighted by atomic mass is 9.69. The standard InChI is InChI=1S/C13H15BrN2O3/c14-9-4-8(5-10(15)6-9)11(17)16-7-13(12(18)19)2-1-3-13/h4-6H,1-3,7,15H2,(H,16,17)(H,18,19). The monoisotopic (exact) mass is 326 g/mol. The SMILES string of the molecule is Nc1cc(Br)cc(C(=O)NCC2(C(=O)O)CCC2)c1. The Balaban J connectivity index is 2.03. The molecule has 5 nitrogen and oxygen atoms in total. The molecule has 1 aliphatic rings. The molecule has 0 bridgehead atoms. The summed E-state index contributed by atoms with van der Waals surface area (Å²) in [5.74, 6) is -1.15. The topological polar surface area (TPSA) is 92.4 Å². The number of rotatable bonds is 4. The van der Waals surface area contributed by atoms with Crippen LogP contribution in [0.4, 0.5) is 5.69 Å². The molecule has 6 heteroatoms. The van der Waals surface area contributed by atoms with Crippen molar-refractivity contribution >= 4 is 33.5 Å². The maximum Gasteiger partial charge on any atom is 0.311 e. The van der Waals surface area contributed by atoms with Gasteiger partial charge in [-0.2, -0.15) is 0 Å². The zero-order chi connectivity index (χ0) is 14.0. The molecule has 1 aromatic rings. The molecular formula is C13H15BrN2O3. The first-order valence-corrected chi connectivity index (χ1v) is 6.80. The normalized spacial score (nSPS) is 16.5. The molecule has 1 saturated carbocycles. The number of hydrogen-bond acceptors (Lipinski definition) is 3. The van der Waals surface area contributed by atoms with Crippen molar-refractivity contribution in [3.63, 3.8) is 0 Å². The van der Waals surface area contributed by atoms with E-state index in [0.717, 1.165) is 6.42 Å². The minimum Gasteiger partial charge on any atom is -0.481 e. The summed E-state index contributed by atoms with van der Waals surface area (Å²) in [6.45, 7) is 0.160. The molecule has 0 aliphatic heterocycles. The molecule has 1 fully saturated rings. The number of carbonyl (C=O) groups is 2. The van der Waals surface area contributed by atoms with Crippen molar-refractivity contribution in [3.05, 3.63) is 28.2 Å². The Hall–Kier alpha value is -1.56. The van der Waals surface area contributed by atoms with Crippen molar-refractivity contribution in [2.45, 2.75) is 19.3 Å². The fraction of sp³-hybridized carbons (Fsp3) is 0.385. The van der Waals surface area contributed by atoms with Gasteiger partial charge in [0.05, 0.1) is 5.41 Å². The average Bonchev–Trinajstić information content (AvgIpc) is 2.25. The number of hydrogen-bond donors (Lipinski definition) is 3. The van der Waals surface area contributed by atoms with Crippen molar-refractivity contribution in [3.8, 4) is 0 Å². The Morgan fingerprint density at radius 3 is 2.53 bits per heavy atom. The van der Waals surface area contributed by atoms with E-state index >= 15 is 0 Å². The van der Waals surface area contributed by atoms with Crippen LogP contribution in [0.5, 0.6) is 0 Å². The minimum absolute atomic E-state index is 0.160. The molecule has 1 aliphatic carbocycles. The fourth-order valence-electron chi connectivity index (χ4n) is 2.16. The van der Waals surface area contributed by atoms with E-state index in [2.05, 4.69) is 21.2 Å². The number of amides is 1. The molecule has 0 heterocycles. The number of aliphatic carboxylic acids is 1. The number of nitrogen functional groups attached to an aromatic ring is 1. The van der Waals surface area contributed by atoms with Crippen LogP contribution in [0.2, 0.25) is 0 Å². The molecule has 1 aromatic carbocycles. The Kier molecular flexibility index (Phi) is 3.80. The summed E-state index contributed by atoms with van der Waals surface area (Å²) in [7, 11) is 0. The zero-order valence-electron chi connectivity index (χ0n) is 10.3. The van der Waals surface area contributed by atoms with E-state index in [1.165, 1.54) is 0 Å². The molecular weight excluding hydrogens is 312 g/mol. The number of benzene rings is 1. The lowest BCUT2D eigenvalue weighted by Crippen LogP contribution is -2.47. The van der Waals surface area contributed by atoms with Gasteiger partial charge in [0, 0.05) is 22.3 Å². The summed E-state index contributed by atoms with van der Waals surface area (Å²) in [6, 6.07) is 4.91. The van der Waals surface area contributed by atoms with Crippen LogP contribution >= 0.6 is 15.9 Å². The van der Waals surface area contributed by atoms with Gasteiger partial charge in [-0.1, -0.05) is 22.4 Å². The highest BCUT2D eigenvalue weighted by Gasteiger charge is 2.44. The lowest BCUT2D eigenvalue weighted by Gasteiger charge is -2.37. The van der Waals surface area contributed by atoms with Crippen LogP contribution in [0, 0.1) is 5.41 Å². The van der Waals surface area contributed by atoms with E-state index in [1.807, 2.05) is 0 Å². The number of nitrogens with one attached hydrogen (secondary N) is 1. The molecule has 102 valence electrons. The highest BCUT2D eigenvalue weighted by molar-refractivity contribution is 9.10. The molecule has 0 radical (unpaired) electrons. The predicted molar refractivity (Wildman–Crippen MR) is 74.8 cm³/mol. The number of carboxylic acid groups (broad SMARTS) is 1. The number of carbonyl (C=O) groups excluding carboxylic acids is 1. The van der Waals surface area contributed by atoms with E-state index in [4.69, 9.17) is 5.73 Å². The Bertz CT molecular complexity index is 506. The smallest absolute Gasteiger partial charge is 0.311 e. The second kappa shape index (κ2) is 5.21. The Morgan fingerprint density at radius 2 is 2.05 bits per heavy atom. The minimum atomic E-state index is -0.840. The third kappa shape index (κ3) is 2.89. The van der Waals surface area contributed by atoms with Crippen LogP contribution in [-0.4, -0.2) is 23.5 Å². The highest BCUT2D eigenvalue weighted by Crippen LogP contribution is 2.40. The number of halogens is 1. The fourth-order valence-corrected chi connectivity index (χ4v) is 2.68. The first-order chi connectivity index (χ1) is 8.93. The van der Waals surface area contributed by atoms with Gasteiger partial charge < -0.3 is 16.2 Å². The van der Waals surface area contributed by atoms with Gasteiger partial charge in [-0.3, -0.25) is 9.59 Å². The Labute approximate surface area is 119 Å². The second-order valence-electron chi connectivity index (χ2n) is 4.89. The van der Waals surface area contributed by atoms with Gasteiger partial charge in [0.15, 0.2) is 0 Å². The van der Waals surface area contributed by atoms with Crippen LogP contribution in [0.1, 0.15) is 29.6 Å². The van der Waals surface area contributed by atoms with Crippen molar-refractivity contribution in [2.75, 3.05) is 12.3 Å². The van der Waals surface area contributed by atoms with Gasteiger partial charge in [-0.25, -0.2) is 0 Å². The molecule has 1 amide bonds. The van der Waals surface area contributed by atoms with E-state index in [1.54, 1.807) is 18.2 Å². The van der Waals surface area contributed by atoms with Crippen molar-refractivity contribution in [1.82, 2.24) is 5.32 Å². The van der Waals surface area contributed by atoms with Crippen LogP contribution in [0.3, 0.4) is 0 Å². The summed E-state index contributed by atoms with van der Waals surface area (Å²) < 4.78 is 0.717. The Morgan fingerprint density at radius 1 is 1.37 bits per heavy atom. The van der Waals surface area contributed by atoms with Crippen molar-refractivity contribution in [2.24, 2.45) is 5.41 Å². The summed E-state index contributed by atoms with van der Waals surface area (Å²) in [4.78, 5) is 23.2. The van der Waals surface area contributed by atoms with E-state index < -0.39 is 11.4 Å². The molecule has 4 N–H and O–H groups in total. The lowest BCUT2D eigenvalue weighted by molar-refractivity contribution is -0.153. The van der Waals surface area contributed by atoms with Crippen LogP contribution in [0.25, 0.3) is 0 Å². The molecule has 0 saturated heterocycles. The van der Waals surface area contributed by atoms with E-state index in [0.29, 0.717) is 28.6 Å². The highest BCUT2D eigenvalue weighted by atomic mass is 79.9. The quantitative estimate of drug-likeness (QED) is 0.738. The predicted octanol–water partition coefficient (Wildman–Crippen LogP) is 2.02.